The Morgan fingerprint density at radius 3 is 2.39 bits per heavy atom. The Labute approximate surface area is 183 Å². The zero-order valence-corrected chi connectivity index (χ0v) is 18.5. The third-order valence-corrected chi connectivity index (χ3v) is 6.62. The van der Waals surface area contributed by atoms with Gasteiger partial charge in [-0.25, -0.2) is 0 Å². The summed E-state index contributed by atoms with van der Waals surface area (Å²) < 4.78 is 0. The van der Waals surface area contributed by atoms with E-state index in [1.54, 1.807) is 0 Å². The second-order valence-electron chi connectivity index (χ2n) is 8.73. The molecule has 2 aromatic carbocycles. The molecule has 0 bridgehead atoms. The van der Waals surface area contributed by atoms with Gasteiger partial charge in [-0.15, -0.1) is 0 Å². The zero-order valence-electron chi connectivity index (χ0n) is 18.5. The van der Waals surface area contributed by atoms with Gasteiger partial charge < -0.3 is 20.1 Å². The van der Waals surface area contributed by atoms with Gasteiger partial charge in [-0.3, -0.25) is 9.59 Å². The van der Waals surface area contributed by atoms with Gasteiger partial charge in [0.25, 0.3) is 5.91 Å². The number of aromatic amines is 1. The van der Waals surface area contributed by atoms with Crippen LogP contribution < -0.4 is 15.1 Å². The Balaban J connectivity index is 1.32. The van der Waals surface area contributed by atoms with Crippen molar-refractivity contribution in [2.24, 2.45) is 0 Å². The number of nitrogens with one attached hydrogen (secondary N) is 4. The minimum absolute atomic E-state index is 0.0544. The van der Waals surface area contributed by atoms with Crippen molar-refractivity contribution in [3.05, 3.63) is 65.4 Å². The molecule has 1 aromatic heterocycles. The number of hydrogen-bond donors (Lipinski definition) is 4. The number of piperazine rings is 1. The van der Waals surface area contributed by atoms with E-state index < -0.39 is 0 Å². The van der Waals surface area contributed by atoms with Crippen molar-refractivity contribution in [1.29, 1.82) is 0 Å². The summed E-state index contributed by atoms with van der Waals surface area (Å²) >= 11 is 0. The highest BCUT2D eigenvalue weighted by atomic mass is 16.2. The highest BCUT2D eigenvalue weighted by Crippen LogP contribution is 2.19. The summed E-state index contributed by atoms with van der Waals surface area (Å²) in [6.07, 6.45) is 1.84. The number of carbonyl (C=O) groups is 2. The van der Waals surface area contributed by atoms with Crippen molar-refractivity contribution in [3.63, 3.8) is 0 Å². The molecule has 4 N–H and O–H groups in total. The maximum absolute atomic E-state index is 13.1. The van der Waals surface area contributed by atoms with Crippen LogP contribution in [0.3, 0.4) is 0 Å². The molecular weight excluding hydrogens is 388 g/mol. The van der Waals surface area contributed by atoms with Gasteiger partial charge in [0.2, 0.25) is 5.78 Å². The molecule has 1 aliphatic heterocycles. The molecule has 1 aliphatic rings. The maximum atomic E-state index is 13.1. The third-order valence-electron chi connectivity index (χ3n) is 6.62. The molecule has 2 heterocycles. The molecular formula is C25H32N4O2+2. The molecule has 162 valence electrons. The third kappa shape index (κ3) is 4.55. The van der Waals surface area contributed by atoms with E-state index in [9.17, 15) is 9.59 Å². The molecule has 1 fully saturated rings. The summed E-state index contributed by atoms with van der Waals surface area (Å²) in [7, 11) is 0. The second-order valence-corrected chi connectivity index (χ2v) is 8.73. The van der Waals surface area contributed by atoms with Crippen molar-refractivity contribution in [2.45, 2.75) is 26.8 Å². The van der Waals surface area contributed by atoms with Crippen LogP contribution in [0.15, 0.2) is 48.7 Å². The summed E-state index contributed by atoms with van der Waals surface area (Å²) in [6.45, 7) is 10.1. The molecule has 6 nitrogen and oxygen atoms in total. The van der Waals surface area contributed by atoms with Gasteiger partial charge in [-0.05, 0) is 38.0 Å². The van der Waals surface area contributed by atoms with Crippen LogP contribution in [0.2, 0.25) is 0 Å². The number of aromatic nitrogens is 1. The van der Waals surface area contributed by atoms with E-state index in [1.165, 1.54) is 9.80 Å². The number of amides is 1. The van der Waals surface area contributed by atoms with E-state index in [1.807, 2.05) is 69.4 Å². The fourth-order valence-electron chi connectivity index (χ4n) is 4.65. The number of Topliss-reactive ketones (excluding diaryl/α,β-unsaturated/α-hetero) is 1. The topological polar surface area (TPSA) is 70.8 Å². The highest BCUT2D eigenvalue weighted by Gasteiger charge is 2.33. The molecule has 1 saturated heterocycles. The number of quaternary nitrogens is 2. The van der Waals surface area contributed by atoms with E-state index in [0.29, 0.717) is 6.54 Å². The molecule has 0 unspecified atom stereocenters. The van der Waals surface area contributed by atoms with Crippen molar-refractivity contribution < 1.29 is 19.4 Å². The van der Waals surface area contributed by atoms with Crippen LogP contribution in [0.5, 0.6) is 0 Å². The number of aryl methyl sites for hydroxylation is 2. The molecule has 0 radical (unpaired) electrons. The Hall–Kier alpha value is -2.96. The van der Waals surface area contributed by atoms with Gasteiger partial charge in [0, 0.05) is 28.4 Å². The van der Waals surface area contributed by atoms with E-state index in [0.717, 1.165) is 59.5 Å². The lowest BCUT2D eigenvalue weighted by Crippen LogP contribution is -3.30. The second kappa shape index (κ2) is 9.04. The van der Waals surface area contributed by atoms with E-state index in [2.05, 4.69) is 10.3 Å². The van der Waals surface area contributed by atoms with Crippen LogP contribution in [0.25, 0.3) is 10.9 Å². The molecule has 0 spiro atoms. The first-order valence-corrected chi connectivity index (χ1v) is 11.1. The average molecular weight is 421 g/mol. The molecule has 1 atom stereocenters. The Morgan fingerprint density at radius 1 is 1.00 bits per heavy atom. The number of anilines is 1. The number of rotatable bonds is 6. The fourth-order valence-corrected chi connectivity index (χ4v) is 4.65. The van der Waals surface area contributed by atoms with E-state index in [4.69, 9.17) is 0 Å². The first-order chi connectivity index (χ1) is 14.9. The van der Waals surface area contributed by atoms with Crippen LogP contribution in [0.1, 0.15) is 28.4 Å². The molecule has 0 aliphatic carbocycles. The summed E-state index contributed by atoms with van der Waals surface area (Å²) in [4.78, 5) is 31.5. The number of H-pyrrole nitrogens is 1. The number of carbonyl (C=O) groups excluding carboxylic acids is 2. The first-order valence-electron chi connectivity index (χ1n) is 11.1. The highest BCUT2D eigenvalue weighted by molar-refractivity contribution is 6.09. The zero-order chi connectivity index (χ0) is 22.0. The Bertz CT molecular complexity index is 1080. The van der Waals surface area contributed by atoms with Crippen molar-refractivity contribution in [2.75, 3.05) is 38.0 Å². The first kappa shape index (κ1) is 21.3. The number of ketones is 1. The summed E-state index contributed by atoms with van der Waals surface area (Å²) in [5.74, 6) is 0.238. The molecule has 3 aromatic rings. The van der Waals surface area contributed by atoms with Crippen LogP contribution >= 0.6 is 0 Å². The summed E-state index contributed by atoms with van der Waals surface area (Å²) in [6, 6.07) is 13.9. The lowest BCUT2D eigenvalue weighted by molar-refractivity contribution is -1.01. The van der Waals surface area contributed by atoms with E-state index >= 15 is 0 Å². The van der Waals surface area contributed by atoms with Crippen molar-refractivity contribution in [1.82, 2.24) is 4.98 Å². The van der Waals surface area contributed by atoms with Gasteiger partial charge >= 0.3 is 0 Å². The number of fused-ring (bicyclic) bond motifs is 1. The molecule has 31 heavy (non-hydrogen) atoms. The van der Waals surface area contributed by atoms with Crippen LogP contribution in [0, 0.1) is 13.8 Å². The monoisotopic (exact) mass is 420 g/mol. The Morgan fingerprint density at radius 2 is 1.68 bits per heavy atom. The number of para-hydroxylation sites is 2. The predicted octanol–water partition coefficient (Wildman–Crippen LogP) is 0.778. The van der Waals surface area contributed by atoms with Gasteiger partial charge in [-0.2, -0.15) is 0 Å². The SMILES string of the molecule is Cc1cccc(C)c1NC(=O)C[NH+]1CC[NH+]([C@H](C)C(=O)c2c[nH]c3ccccc23)CC1. The van der Waals surface area contributed by atoms with Gasteiger partial charge in [-0.1, -0.05) is 36.4 Å². The minimum Gasteiger partial charge on any atom is -0.360 e. The van der Waals surface area contributed by atoms with E-state index in [-0.39, 0.29) is 17.7 Å². The normalized spacial score (nSPS) is 19.8. The lowest BCUT2D eigenvalue weighted by Gasteiger charge is -2.32. The maximum Gasteiger partial charge on any atom is 0.279 e. The molecule has 0 saturated carbocycles. The standard InChI is InChI=1S/C25H30N4O2/c1-17-7-6-8-18(2)24(17)27-23(30)16-28-11-13-29(14-12-28)19(3)25(31)21-15-26-22-10-5-4-9-20(21)22/h4-10,15,19,26H,11-14,16H2,1-3H3,(H,27,30)/p+2/t19-/m1/s1. The molecule has 6 heteroatoms. The van der Waals surface area contributed by atoms with Crippen LogP contribution in [0.4, 0.5) is 5.69 Å². The Kier molecular flexibility index (Phi) is 6.20. The fraction of sp³-hybridized carbons (Fsp3) is 0.360. The summed E-state index contributed by atoms with van der Waals surface area (Å²) in [5.41, 5.74) is 4.87. The minimum atomic E-state index is -0.0933. The smallest absolute Gasteiger partial charge is 0.279 e. The predicted molar refractivity (Wildman–Crippen MR) is 123 cm³/mol. The van der Waals surface area contributed by atoms with Crippen molar-refractivity contribution in [3.8, 4) is 0 Å². The quantitative estimate of drug-likeness (QED) is 0.445. The molecule has 4 rings (SSSR count). The average Bonchev–Trinajstić information content (AvgIpc) is 3.20. The van der Waals surface area contributed by atoms with Gasteiger partial charge in [0.15, 0.2) is 6.54 Å². The number of benzene rings is 2. The number of hydrogen-bond acceptors (Lipinski definition) is 2. The van der Waals surface area contributed by atoms with Crippen LogP contribution in [-0.2, 0) is 4.79 Å². The lowest BCUT2D eigenvalue weighted by atomic mass is 10.0. The van der Waals surface area contributed by atoms with Gasteiger partial charge in [0.05, 0.1) is 0 Å². The summed E-state index contributed by atoms with van der Waals surface area (Å²) in [5, 5.41) is 4.08. The van der Waals surface area contributed by atoms with Gasteiger partial charge in [0.1, 0.15) is 32.2 Å². The largest absolute Gasteiger partial charge is 0.360 e. The molecule has 1 amide bonds. The van der Waals surface area contributed by atoms with Crippen LogP contribution in [-0.4, -0.2) is 55.4 Å². The van der Waals surface area contributed by atoms with Crippen molar-refractivity contribution >= 4 is 28.3 Å².